The molecule has 0 aliphatic carbocycles. The van der Waals surface area contributed by atoms with Gasteiger partial charge < -0.3 is 0 Å². The standard InChI is InChI=1S/C70H44N4/c1-3-15-45(16-4-1)47-27-29-49(30-28-47)55-43-62(50-33-31-48(32-34-50)46-17-5-2-6-18-46)69-63(44-55)68(53-37-35-51(36-38-53)66-60-23-9-7-19-56(60)58-21-11-13-25-64(58)71-66)73-70(74-69)54-41-39-52(40-42-54)67-61-24-10-8-20-57(61)59-22-12-14-26-65(59)72-67/h1-44H. The monoisotopic (exact) mass is 940 g/mol. The second kappa shape index (κ2) is 18.1. The first kappa shape index (κ1) is 42.9. The van der Waals surface area contributed by atoms with E-state index in [4.69, 9.17) is 19.9 Å². The van der Waals surface area contributed by atoms with Gasteiger partial charge in [-0.3, -0.25) is 0 Å². The van der Waals surface area contributed by atoms with Gasteiger partial charge in [-0.25, -0.2) is 19.9 Å². The maximum atomic E-state index is 5.56. The van der Waals surface area contributed by atoms with Crippen LogP contribution in [0, 0.1) is 0 Å². The summed E-state index contributed by atoms with van der Waals surface area (Å²) in [5.74, 6) is 0.642. The van der Waals surface area contributed by atoms with Gasteiger partial charge in [0.2, 0.25) is 0 Å². The molecule has 0 bridgehead atoms. The van der Waals surface area contributed by atoms with Gasteiger partial charge in [-0.2, -0.15) is 0 Å². The van der Waals surface area contributed by atoms with Crippen LogP contribution >= 0.6 is 0 Å². The van der Waals surface area contributed by atoms with E-state index in [1.807, 2.05) is 0 Å². The second-order valence-electron chi connectivity index (χ2n) is 18.9. The van der Waals surface area contributed by atoms with Crippen molar-refractivity contribution < 1.29 is 0 Å². The molecule has 4 heteroatoms. The molecule has 344 valence electrons. The number of hydrogen-bond donors (Lipinski definition) is 0. The molecule has 0 radical (unpaired) electrons. The fourth-order valence-corrected chi connectivity index (χ4v) is 10.7. The molecular formula is C70H44N4. The minimum atomic E-state index is 0.642. The minimum Gasteiger partial charge on any atom is -0.247 e. The molecule has 0 aliphatic rings. The van der Waals surface area contributed by atoms with E-state index < -0.39 is 0 Å². The molecule has 0 saturated heterocycles. The second-order valence-corrected chi connectivity index (χ2v) is 18.9. The number of para-hydroxylation sites is 2. The Morgan fingerprint density at radius 3 is 1.00 bits per heavy atom. The summed E-state index contributed by atoms with van der Waals surface area (Å²) in [5, 5.41) is 7.87. The fourth-order valence-electron chi connectivity index (χ4n) is 10.7. The maximum absolute atomic E-state index is 5.56. The van der Waals surface area contributed by atoms with Gasteiger partial charge in [0.15, 0.2) is 5.82 Å². The molecule has 0 fully saturated rings. The molecule has 14 rings (SSSR count). The average Bonchev–Trinajstić information content (AvgIpc) is 3.49. The number of rotatable bonds is 8. The molecule has 0 saturated carbocycles. The van der Waals surface area contributed by atoms with Gasteiger partial charge in [0, 0.05) is 54.7 Å². The van der Waals surface area contributed by atoms with Crippen LogP contribution in [0.1, 0.15) is 0 Å². The maximum Gasteiger partial charge on any atom is 0.160 e. The van der Waals surface area contributed by atoms with E-state index in [9.17, 15) is 0 Å². The molecular weight excluding hydrogens is 897 g/mol. The smallest absolute Gasteiger partial charge is 0.160 e. The minimum absolute atomic E-state index is 0.642. The molecule has 11 aromatic carbocycles. The van der Waals surface area contributed by atoms with Crippen molar-refractivity contribution in [3.8, 4) is 89.7 Å². The van der Waals surface area contributed by atoms with Crippen LogP contribution < -0.4 is 0 Å². The SMILES string of the molecule is c1ccc(-c2ccc(-c3cc(-c4ccc(-c5ccccc5)cc4)c4nc(-c5ccc(-c6nc7ccccc7c7ccccc67)cc5)nc(-c5ccc(-c6nc7ccccc7c7ccccc67)cc5)c4c3)cc2)cc1. The van der Waals surface area contributed by atoms with Crippen molar-refractivity contribution in [1.82, 2.24) is 19.9 Å². The third-order valence-corrected chi connectivity index (χ3v) is 14.5. The van der Waals surface area contributed by atoms with Crippen LogP contribution in [-0.4, -0.2) is 19.9 Å². The summed E-state index contributed by atoms with van der Waals surface area (Å²) < 4.78 is 0. The Balaban J connectivity index is 0.965. The molecule has 3 heterocycles. The summed E-state index contributed by atoms with van der Waals surface area (Å²) in [6, 6.07) is 94.7. The zero-order valence-corrected chi connectivity index (χ0v) is 40.2. The molecule has 0 spiro atoms. The van der Waals surface area contributed by atoms with Gasteiger partial charge in [0.05, 0.1) is 33.6 Å². The van der Waals surface area contributed by atoms with Gasteiger partial charge in [-0.05, 0) is 74.0 Å². The van der Waals surface area contributed by atoms with Crippen LogP contribution in [0.15, 0.2) is 267 Å². The summed E-state index contributed by atoms with van der Waals surface area (Å²) >= 11 is 0. The number of fused-ring (bicyclic) bond motifs is 7. The Hall–Kier alpha value is -9.90. The lowest BCUT2D eigenvalue weighted by molar-refractivity contribution is 1.23. The number of nitrogens with zero attached hydrogens (tertiary/aromatic N) is 4. The van der Waals surface area contributed by atoms with Crippen molar-refractivity contribution in [3.63, 3.8) is 0 Å². The predicted molar refractivity (Wildman–Crippen MR) is 309 cm³/mol. The molecule has 0 unspecified atom stereocenters. The lowest BCUT2D eigenvalue weighted by Gasteiger charge is -2.16. The van der Waals surface area contributed by atoms with E-state index in [0.717, 1.165) is 111 Å². The largest absolute Gasteiger partial charge is 0.247 e. The van der Waals surface area contributed by atoms with E-state index in [1.54, 1.807) is 0 Å². The number of aromatic nitrogens is 4. The van der Waals surface area contributed by atoms with Crippen molar-refractivity contribution in [3.05, 3.63) is 267 Å². The van der Waals surface area contributed by atoms with Crippen molar-refractivity contribution >= 4 is 54.3 Å². The molecule has 74 heavy (non-hydrogen) atoms. The highest BCUT2D eigenvalue weighted by atomic mass is 14.9. The quantitative estimate of drug-likeness (QED) is 0.142. The fraction of sp³-hybridized carbons (Fsp3) is 0. The van der Waals surface area contributed by atoms with Crippen molar-refractivity contribution in [2.75, 3.05) is 0 Å². The van der Waals surface area contributed by atoms with Crippen molar-refractivity contribution in [2.45, 2.75) is 0 Å². The topological polar surface area (TPSA) is 51.6 Å². The van der Waals surface area contributed by atoms with Gasteiger partial charge in [0.25, 0.3) is 0 Å². The summed E-state index contributed by atoms with van der Waals surface area (Å²) in [7, 11) is 0. The van der Waals surface area contributed by atoms with Crippen LogP contribution in [-0.2, 0) is 0 Å². The lowest BCUT2D eigenvalue weighted by atomic mass is 9.92. The summed E-state index contributed by atoms with van der Waals surface area (Å²) in [5.41, 5.74) is 18.5. The van der Waals surface area contributed by atoms with E-state index in [1.165, 1.54) is 27.5 Å². The summed E-state index contributed by atoms with van der Waals surface area (Å²) in [4.78, 5) is 21.6. The van der Waals surface area contributed by atoms with Crippen molar-refractivity contribution in [1.29, 1.82) is 0 Å². The van der Waals surface area contributed by atoms with Gasteiger partial charge in [-0.1, -0.05) is 243 Å². The number of pyridine rings is 2. The predicted octanol–water partition coefficient (Wildman–Crippen LogP) is 18.4. The van der Waals surface area contributed by atoms with Crippen molar-refractivity contribution in [2.24, 2.45) is 0 Å². The first-order valence-electron chi connectivity index (χ1n) is 25.1. The molecule has 0 atom stereocenters. The Morgan fingerprint density at radius 1 is 0.189 bits per heavy atom. The van der Waals surface area contributed by atoms with Crippen LogP contribution in [0.5, 0.6) is 0 Å². The Morgan fingerprint density at radius 2 is 0.527 bits per heavy atom. The Kier molecular flexibility index (Phi) is 10.5. The summed E-state index contributed by atoms with van der Waals surface area (Å²) in [6.07, 6.45) is 0. The third kappa shape index (κ3) is 7.65. The van der Waals surface area contributed by atoms with Crippen LogP contribution in [0.25, 0.3) is 144 Å². The summed E-state index contributed by atoms with van der Waals surface area (Å²) in [6.45, 7) is 0. The molecule has 14 aromatic rings. The molecule has 3 aromatic heterocycles. The highest BCUT2D eigenvalue weighted by Gasteiger charge is 2.20. The van der Waals surface area contributed by atoms with E-state index in [0.29, 0.717) is 5.82 Å². The van der Waals surface area contributed by atoms with Gasteiger partial charge in [0.1, 0.15) is 0 Å². The molecule has 0 amide bonds. The third-order valence-electron chi connectivity index (χ3n) is 14.5. The zero-order valence-electron chi connectivity index (χ0n) is 40.2. The van der Waals surface area contributed by atoms with E-state index in [-0.39, 0.29) is 0 Å². The highest BCUT2D eigenvalue weighted by molar-refractivity contribution is 6.12. The van der Waals surface area contributed by atoms with Gasteiger partial charge in [-0.15, -0.1) is 0 Å². The number of hydrogen-bond acceptors (Lipinski definition) is 4. The molecule has 0 N–H and O–H groups in total. The zero-order chi connectivity index (χ0) is 49.0. The van der Waals surface area contributed by atoms with Crippen LogP contribution in [0.4, 0.5) is 0 Å². The number of benzene rings is 11. The van der Waals surface area contributed by atoms with Crippen LogP contribution in [0.3, 0.4) is 0 Å². The van der Waals surface area contributed by atoms with E-state index in [2.05, 4.69) is 267 Å². The van der Waals surface area contributed by atoms with Crippen LogP contribution in [0.2, 0.25) is 0 Å². The van der Waals surface area contributed by atoms with E-state index >= 15 is 0 Å². The average molecular weight is 941 g/mol. The highest BCUT2D eigenvalue weighted by Crippen LogP contribution is 2.42. The Labute approximate surface area is 428 Å². The first-order chi connectivity index (χ1) is 36.7. The first-order valence-corrected chi connectivity index (χ1v) is 25.1. The van der Waals surface area contributed by atoms with Gasteiger partial charge >= 0.3 is 0 Å². The Bertz CT molecular complexity index is 4420. The lowest BCUT2D eigenvalue weighted by Crippen LogP contribution is -1.98. The normalized spacial score (nSPS) is 11.5. The molecule has 0 aliphatic heterocycles. The molecule has 4 nitrogen and oxygen atoms in total.